The minimum Gasteiger partial charge on any atom is -0.382 e. The van der Waals surface area contributed by atoms with Gasteiger partial charge in [0.1, 0.15) is 11.8 Å². The first-order valence-electron chi connectivity index (χ1n) is 12.4. The third-order valence-electron chi connectivity index (χ3n) is 7.31. The molecule has 4 aromatic rings. The molecule has 2 aliphatic heterocycles. The summed E-state index contributed by atoms with van der Waals surface area (Å²) in [5, 5.41) is 1.92. The number of hydrogen-bond donors (Lipinski definition) is 3. The van der Waals surface area contributed by atoms with E-state index in [9.17, 15) is 8.78 Å². The van der Waals surface area contributed by atoms with Crippen LogP contribution in [0.2, 0.25) is 0 Å². The summed E-state index contributed by atoms with van der Waals surface area (Å²) in [7, 11) is 1.95. The molecule has 1 aromatic carbocycles. The Morgan fingerprint density at radius 1 is 1.13 bits per heavy atom. The second kappa shape index (κ2) is 9.30. The van der Waals surface area contributed by atoms with Crippen molar-refractivity contribution >= 4 is 22.7 Å². The van der Waals surface area contributed by atoms with Crippen LogP contribution in [-0.2, 0) is 6.54 Å². The molecule has 2 aliphatic rings. The molecule has 10 nitrogen and oxygen atoms in total. The Balaban J connectivity index is 1.40. The van der Waals surface area contributed by atoms with Gasteiger partial charge in [0.15, 0.2) is 23.1 Å². The summed E-state index contributed by atoms with van der Waals surface area (Å²) in [5.74, 6) is -1.52. The molecule has 0 radical (unpaired) electrons. The fourth-order valence-corrected chi connectivity index (χ4v) is 5.33. The van der Waals surface area contributed by atoms with Crippen molar-refractivity contribution in [1.82, 2.24) is 34.9 Å². The van der Waals surface area contributed by atoms with E-state index in [0.29, 0.717) is 41.3 Å². The average molecular weight is 519 g/mol. The second-order valence-corrected chi connectivity index (χ2v) is 9.95. The monoisotopic (exact) mass is 518 g/mol. The van der Waals surface area contributed by atoms with Gasteiger partial charge < -0.3 is 25.9 Å². The fraction of sp³-hybridized carbons (Fsp3) is 0.308. The number of imidazole rings is 1. The molecule has 1 unspecified atom stereocenters. The Kier molecular flexibility index (Phi) is 5.92. The van der Waals surface area contributed by atoms with Crippen molar-refractivity contribution < 1.29 is 8.78 Å². The number of nitrogens with two attached hydrogens (primary N) is 2. The van der Waals surface area contributed by atoms with Crippen LogP contribution in [-0.4, -0.2) is 61.2 Å². The first-order valence-corrected chi connectivity index (χ1v) is 12.4. The number of benzene rings is 1. The predicted molar refractivity (Wildman–Crippen MR) is 141 cm³/mol. The zero-order chi connectivity index (χ0) is 26.4. The van der Waals surface area contributed by atoms with Crippen LogP contribution in [0.5, 0.6) is 0 Å². The molecular formula is C26H28F2N10. The summed E-state index contributed by atoms with van der Waals surface area (Å²) in [6.07, 6.45) is 10.7. The quantitative estimate of drug-likeness (QED) is 0.365. The van der Waals surface area contributed by atoms with Crippen LogP contribution in [0, 0.1) is 11.6 Å². The van der Waals surface area contributed by atoms with Gasteiger partial charge in [-0.2, -0.15) is 0 Å². The van der Waals surface area contributed by atoms with Gasteiger partial charge in [-0.3, -0.25) is 4.98 Å². The van der Waals surface area contributed by atoms with E-state index < -0.39 is 17.2 Å². The largest absolute Gasteiger partial charge is 0.382 e. The fourth-order valence-electron chi connectivity index (χ4n) is 5.33. The lowest BCUT2D eigenvalue weighted by Crippen LogP contribution is -2.64. The van der Waals surface area contributed by atoms with Crippen LogP contribution in [0.1, 0.15) is 18.4 Å². The van der Waals surface area contributed by atoms with Gasteiger partial charge in [0.05, 0.1) is 42.0 Å². The molecule has 0 bridgehead atoms. The number of nitrogens with zero attached hydrogens (tertiary/aromatic N) is 7. The van der Waals surface area contributed by atoms with E-state index in [1.165, 1.54) is 12.4 Å². The predicted octanol–water partition coefficient (Wildman–Crippen LogP) is 2.43. The molecule has 5 N–H and O–H groups in total. The van der Waals surface area contributed by atoms with Crippen molar-refractivity contribution in [3.05, 3.63) is 72.6 Å². The third kappa shape index (κ3) is 4.31. The Labute approximate surface area is 218 Å². The lowest BCUT2D eigenvalue weighted by atomic mass is 9.83. The van der Waals surface area contributed by atoms with Crippen LogP contribution in [0.25, 0.3) is 22.4 Å². The molecule has 2 atom stereocenters. The molecular weight excluding hydrogens is 490 g/mol. The van der Waals surface area contributed by atoms with Gasteiger partial charge >= 0.3 is 0 Å². The van der Waals surface area contributed by atoms with E-state index in [1.807, 2.05) is 28.9 Å². The number of rotatable bonds is 5. The maximum absolute atomic E-state index is 14.0. The summed E-state index contributed by atoms with van der Waals surface area (Å²) in [5.41, 5.74) is 19.8. The lowest BCUT2D eigenvalue weighted by Gasteiger charge is -2.45. The molecule has 0 amide bonds. The number of aromatic nitrogens is 5. The SMILES string of the molecule is CN1C=CC([C@@]2(N)CCCN(c3cnc(-c4ccc(F)c(F)c4)cc3Cn3cnc4c(N)ncnc43)C2)N1. The third-order valence-corrected chi connectivity index (χ3v) is 7.31. The first kappa shape index (κ1) is 24.2. The topological polar surface area (TPSA) is 127 Å². The number of pyridine rings is 1. The minimum atomic E-state index is -0.922. The minimum absolute atomic E-state index is 0.00504. The highest BCUT2D eigenvalue weighted by Gasteiger charge is 2.40. The van der Waals surface area contributed by atoms with Gasteiger partial charge in [-0.15, -0.1) is 0 Å². The summed E-state index contributed by atoms with van der Waals surface area (Å²) in [6.45, 7) is 1.83. The van der Waals surface area contributed by atoms with E-state index in [4.69, 9.17) is 11.5 Å². The number of hydrogen-bond acceptors (Lipinski definition) is 9. The number of anilines is 2. The van der Waals surface area contributed by atoms with E-state index in [0.717, 1.165) is 42.8 Å². The van der Waals surface area contributed by atoms with Gasteiger partial charge in [0, 0.05) is 31.9 Å². The van der Waals surface area contributed by atoms with Crippen molar-refractivity contribution in [2.75, 3.05) is 30.8 Å². The molecule has 5 heterocycles. The van der Waals surface area contributed by atoms with Crippen LogP contribution in [0.4, 0.5) is 20.3 Å². The van der Waals surface area contributed by atoms with Gasteiger partial charge in [-0.25, -0.2) is 29.2 Å². The van der Waals surface area contributed by atoms with Gasteiger partial charge in [0.25, 0.3) is 0 Å². The standard InChI is InChI=1S/C26H28F2N10/c1-36-8-5-22(35-36)26(30)6-2-7-37(13-26)21-11-31-20(16-3-4-18(27)19(28)9-16)10-17(21)12-38-15-34-23-24(29)32-14-33-25(23)38/h3-5,8-11,14-15,22,35H,2,6-7,12-13,30H2,1H3,(H2,29,32,33)/t22?,26-/m1/s1. The normalized spacial score (nSPS) is 21.5. The molecule has 3 aromatic heterocycles. The smallest absolute Gasteiger partial charge is 0.165 e. The van der Waals surface area contributed by atoms with Crippen LogP contribution in [0.15, 0.2) is 55.4 Å². The maximum atomic E-state index is 14.0. The number of halogens is 2. The second-order valence-electron chi connectivity index (χ2n) is 9.95. The van der Waals surface area contributed by atoms with E-state index in [2.05, 4.69) is 36.3 Å². The van der Waals surface area contributed by atoms with Gasteiger partial charge in [-0.1, -0.05) is 0 Å². The average Bonchev–Trinajstić information content (AvgIpc) is 3.53. The molecule has 38 heavy (non-hydrogen) atoms. The highest BCUT2D eigenvalue weighted by atomic mass is 19.2. The highest BCUT2D eigenvalue weighted by molar-refractivity contribution is 5.81. The number of hydrazine groups is 1. The van der Waals surface area contributed by atoms with Crippen molar-refractivity contribution in [2.45, 2.75) is 31.0 Å². The highest BCUT2D eigenvalue weighted by Crippen LogP contribution is 2.33. The summed E-state index contributed by atoms with van der Waals surface area (Å²) >= 11 is 0. The zero-order valence-corrected chi connectivity index (χ0v) is 20.9. The number of fused-ring (bicyclic) bond motifs is 1. The van der Waals surface area contributed by atoms with E-state index >= 15 is 0 Å². The number of nitrogen functional groups attached to an aromatic ring is 1. The zero-order valence-electron chi connectivity index (χ0n) is 20.9. The van der Waals surface area contributed by atoms with Crippen molar-refractivity contribution in [3.63, 3.8) is 0 Å². The Morgan fingerprint density at radius 2 is 2.00 bits per heavy atom. The van der Waals surface area contributed by atoms with Gasteiger partial charge in [0.2, 0.25) is 0 Å². The summed E-state index contributed by atoms with van der Waals surface area (Å²) in [6, 6.07) is 5.68. The molecule has 0 saturated carbocycles. The Morgan fingerprint density at radius 3 is 2.79 bits per heavy atom. The molecule has 1 fully saturated rings. The van der Waals surface area contributed by atoms with E-state index in [-0.39, 0.29) is 6.04 Å². The maximum Gasteiger partial charge on any atom is 0.165 e. The molecule has 0 spiro atoms. The molecule has 12 heteroatoms. The van der Waals surface area contributed by atoms with E-state index in [1.54, 1.807) is 12.5 Å². The number of nitrogens with one attached hydrogen (secondary N) is 1. The first-order chi connectivity index (χ1) is 18.3. The van der Waals surface area contributed by atoms with Crippen molar-refractivity contribution in [2.24, 2.45) is 5.73 Å². The van der Waals surface area contributed by atoms with Crippen molar-refractivity contribution in [3.8, 4) is 11.3 Å². The van der Waals surface area contributed by atoms with Crippen LogP contribution in [0.3, 0.4) is 0 Å². The Bertz CT molecular complexity index is 1540. The Hall–Kier alpha value is -4.16. The summed E-state index contributed by atoms with van der Waals surface area (Å²) < 4.78 is 29.5. The van der Waals surface area contributed by atoms with Crippen LogP contribution < -0.4 is 21.8 Å². The molecule has 1 saturated heterocycles. The molecule has 196 valence electrons. The molecule has 0 aliphatic carbocycles. The lowest BCUT2D eigenvalue weighted by molar-refractivity contribution is 0.225. The summed E-state index contributed by atoms with van der Waals surface area (Å²) in [4.78, 5) is 19.7. The van der Waals surface area contributed by atoms with Crippen molar-refractivity contribution in [1.29, 1.82) is 0 Å². The number of piperidine rings is 1. The van der Waals surface area contributed by atoms with Crippen LogP contribution >= 0.6 is 0 Å². The van der Waals surface area contributed by atoms with Gasteiger partial charge in [-0.05, 0) is 48.7 Å². The molecule has 6 rings (SSSR count).